The second kappa shape index (κ2) is 7.52. The van der Waals surface area contributed by atoms with Crippen LogP contribution in [-0.2, 0) is 11.3 Å². The number of benzene rings is 1. The first-order valence-electron chi connectivity index (χ1n) is 7.83. The van der Waals surface area contributed by atoms with E-state index in [4.69, 9.17) is 5.11 Å². The normalized spacial score (nSPS) is 20.3. The third-order valence-corrected chi connectivity index (χ3v) is 4.44. The minimum atomic E-state index is -0.796. The van der Waals surface area contributed by atoms with E-state index in [1.807, 2.05) is 17.9 Å². The zero-order chi connectivity index (χ0) is 17.0. The number of hydrogen-bond donors (Lipinski definition) is 2. The van der Waals surface area contributed by atoms with Gasteiger partial charge in [0.05, 0.1) is 11.5 Å². The molecule has 1 aromatic carbocycles. The van der Waals surface area contributed by atoms with Crippen molar-refractivity contribution in [1.29, 1.82) is 0 Å². The van der Waals surface area contributed by atoms with Crippen molar-refractivity contribution in [1.82, 2.24) is 10.2 Å². The number of carboxylic acid groups (broad SMARTS) is 1. The number of nitrogens with one attached hydrogen (secondary N) is 1. The average Bonchev–Trinajstić information content (AvgIpc) is 2.45. The highest BCUT2D eigenvalue weighted by molar-refractivity contribution is 5.69. The molecule has 1 fully saturated rings. The molecule has 1 aliphatic carbocycles. The van der Waals surface area contributed by atoms with E-state index >= 15 is 0 Å². The number of carboxylic acids is 1. The number of nitro groups is 1. The Labute approximate surface area is 135 Å². The van der Waals surface area contributed by atoms with Crippen LogP contribution >= 0.6 is 0 Å². The zero-order valence-corrected chi connectivity index (χ0v) is 13.5. The van der Waals surface area contributed by atoms with Gasteiger partial charge in [0.1, 0.15) is 0 Å². The summed E-state index contributed by atoms with van der Waals surface area (Å²) < 4.78 is 0. The lowest BCUT2D eigenvalue weighted by Gasteiger charge is -2.42. The monoisotopic (exact) mass is 321 g/mol. The fourth-order valence-electron chi connectivity index (χ4n) is 2.95. The topological polar surface area (TPSA) is 95.7 Å². The Morgan fingerprint density at radius 1 is 1.48 bits per heavy atom. The summed E-state index contributed by atoms with van der Waals surface area (Å²) in [5.41, 5.74) is 1.70. The van der Waals surface area contributed by atoms with E-state index < -0.39 is 5.97 Å². The first-order valence-corrected chi connectivity index (χ1v) is 7.83. The van der Waals surface area contributed by atoms with Crippen molar-refractivity contribution in [2.24, 2.45) is 0 Å². The maximum atomic E-state index is 11.0. The molecule has 0 unspecified atom stereocenters. The molecular formula is C16H23N3O4. The number of nitrogens with zero attached hydrogens (tertiary/aromatic N) is 2. The van der Waals surface area contributed by atoms with Gasteiger partial charge in [0.2, 0.25) is 0 Å². The van der Waals surface area contributed by atoms with Gasteiger partial charge in [0.25, 0.3) is 5.69 Å². The molecular weight excluding hydrogens is 298 g/mol. The van der Waals surface area contributed by atoms with Gasteiger partial charge in [-0.05, 0) is 31.9 Å². The smallest absolute Gasteiger partial charge is 0.317 e. The van der Waals surface area contributed by atoms with Crippen LogP contribution in [0.3, 0.4) is 0 Å². The molecule has 1 saturated carbocycles. The predicted octanol–water partition coefficient (Wildman–Crippen LogP) is 1.93. The molecule has 0 amide bonds. The summed E-state index contributed by atoms with van der Waals surface area (Å²) in [5.74, 6) is -0.796. The molecule has 126 valence electrons. The summed E-state index contributed by atoms with van der Waals surface area (Å²) in [5, 5.41) is 23.2. The molecule has 7 nitrogen and oxygen atoms in total. The van der Waals surface area contributed by atoms with Crippen molar-refractivity contribution < 1.29 is 14.8 Å². The van der Waals surface area contributed by atoms with Crippen LogP contribution in [0, 0.1) is 17.0 Å². The Hall–Kier alpha value is -1.99. The number of likely N-dealkylation sites (N-methyl/N-ethyl adjacent to an activating group) is 1. The first kappa shape index (κ1) is 17.4. The van der Waals surface area contributed by atoms with Gasteiger partial charge in [-0.1, -0.05) is 19.1 Å². The number of hydrogen-bond acceptors (Lipinski definition) is 5. The number of aryl methyl sites for hydroxylation is 1. The summed E-state index contributed by atoms with van der Waals surface area (Å²) in [6, 6.07) is 5.92. The average molecular weight is 321 g/mol. The summed E-state index contributed by atoms with van der Waals surface area (Å²) in [4.78, 5) is 23.4. The molecule has 0 saturated heterocycles. The first-order chi connectivity index (χ1) is 10.9. The highest BCUT2D eigenvalue weighted by atomic mass is 16.6. The summed E-state index contributed by atoms with van der Waals surface area (Å²) in [6.45, 7) is 5.10. The SMILES string of the molecule is CCN(CC(=O)O)C1CC(NCc2ccc(C)c([N+](=O)[O-])c2)C1. The lowest BCUT2D eigenvalue weighted by atomic mass is 9.85. The molecule has 0 aromatic heterocycles. The highest BCUT2D eigenvalue weighted by Crippen LogP contribution is 2.26. The van der Waals surface area contributed by atoms with Crippen LogP contribution in [0.5, 0.6) is 0 Å². The van der Waals surface area contributed by atoms with Gasteiger partial charge in [-0.2, -0.15) is 0 Å². The molecule has 0 atom stereocenters. The zero-order valence-electron chi connectivity index (χ0n) is 13.5. The Bertz CT molecular complexity index is 585. The van der Waals surface area contributed by atoms with Crippen molar-refractivity contribution in [3.63, 3.8) is 0 Å². The van der Waals surface area contributed by atoms with E-state index in [0.717, 1.165) is 24.9 Å². The van der Waals surface area contributed by atoms with Crippen LogP contribution in [0.1, 0.15) is 30.9 Å². The van der Waals surface area contributed by atoms with Gasteiger partial charge in [-0.25, -0.2) is 0 Å². The van der Waals surface area contributed by atoms with Gasteiger partial charge in [-0.15, -0.1) is 0 Å². The fourth-order valence-corrected chi connectivity index (χ4v) is 2.95. The predicted molar refractivity (Wildman–Crippen MR) is 86.4 cm³/mol. The van der Waals surface area contributed by atoms with Crippen molar-refractivity contribution in [3.05, 3.63) is 39.4 Å². The molecule has 2 rings (SSSR count). The van der Waals surface area contributed by atoms with Gasteiger partial charge < -0.3 is 10.4 Å². The van der Waals surface area contributed by atoms with Crippen molar-refractivity contribution >= 4 is 11.7 Å². The minimum absolute atomic E-state index is 0.0814. The summed E-state index contributed by atoms with van der Waals surface area (Å²) in [6.07, 6.45) is 1.82. The van der Waals surface area contributed by atoms with E-state index in [1.54, 1.807) is 19.1 Å². The van der Waals surface area contributed by atoms with E-state index in [-0.39, 0.29) is 17.2 Å². The molecule has 0 aliphatic heterocycles. The van der Waals surface area contributed by atoms with E-state index in [2.05, 4.69) is 5.32 Å². The molecule has 0 bridgehead atoms. The van der Waals surface area contributed by atoms with Crippen LogP contribution in [0.25, 0.3) is 0 Å². The molecule has 0 spiro atoms. The standard InChI is InChI=1S/C16H23N3O4/c1-3-18(10-16(20)21)14-7-13(8-14)17-9-12-5-4-11(2)15(6-12)19(22)23/h4-6,13-14,17H,3,7-10H2,1-2H3,(H,20,21). The van der Waals surface area contributed by atoms with E-state index in [9.17, 15) is 14.9 Å². The third-order valence-electron chi connectivity index (χ3n) is 4.44. The third kappa shape index (κ3) is 4.49. The molecule has 2 N–H and O–H groups in total. The quantitative estimate of drug-likeness (QED) is 0.561. The second-order valence-electron chi connectivity index (χ2n) is 6.04. The second-order valence-corrected chi connectivity index (χ2v) is 6.04. The van der Waals surface area contributed by atoms with Crippen molar-refractivity contribution in [2.45, 2.75) is 45.3 Å². The maximum absolute atomic E-state index is 11.0. The Balaban J connectivity index is 1.82. The molecule has 7 heteroatoms. The van der Waals surface area contributed by atoms with Gasteiger partial charge in [0, 0.05) is 30.3 Å². The summed E-state index contributed by atoms with van der Waals surface area (Å²) >= 11 is 0. The number of carbonyl (C=O) groups is 1. The van der Waals surface area contributed by atoms with Crippen LogP contribution < -0.4 is 5.32 Å². The Morgan fingerprint density at radius 2 is 2.17 bits per heavy atom. The maximum Gasteiger partial charge on any atom is 0.317 e. The fraction of sp³-hybridized carbons (Fsp3) is 0.562. The molecule has 0 heterocycles. The van der Waals surface area contributed by atoms with Crippen LogP contribution in [0.15, 0.2) is 18.2 Å². The molecule has 1 aromatic rings. The Kier molecular flexibility index (Phi) is 5.68. The van der Waals surface area contributed by atoms with E-state index in [0.29, 0.717) is 24.2 Å². The molecule has 1 aliphatic rings. The lowest BCUT2D eigenvalue weighted by Crippen LogP contribution is -2.53. The number of nitro benzene ring substituents is 1. The summed E-state index contributed by atoms with van der Waals surface area (Å²) in [7, 11) is 0. The molecule has 0 radical (unpaired) electrons. The van der Waals surface area contributed by atoms with Crippen LogP contribution in [0.4, 0.5) is 5.69 Å². The lowest BCUT2D eigenvalue weighted by molar-refractivity contribution is -0.385. The van der Waals surface area contributed by atoms with Crippen LogP contribution in [0.2, 0.25) is 0 Å². The largest absolute Gasteiger partial charge is 0.480 e. The number of rotatable bonds is 8. The molecule has 23 heavy (non-hydrogen) atoms. The van der Waals surface area contributed by atoms with Crippen LogP contribution in [-0.4, -0.2) is 46.1 Å². The van der Waals surface area contributed by atoms with Crippen molar-refractivity contribution in [3.8, 4) is 0 Å². The highest BCUT2D eigenvalue weighted by Gasteiger charge is 2.33. The Morgan fingerprint density at radius 3 is 2.74 bits per heavy atom. The minimum Gasteiger partial charge on any atom is -0.480 e. The van der Waals surface area contributed by atoms with Gasteiger partial charge >= 0.3 is 5.97 Å². The number of aliphatic carboxylic acids is 1. The van der Waals surface area contributed by atoms with Gasteiger partial charge in [0.15, 0.2) is 0 Å². The van der Waals surface area contributed by atoms with Gasteiger partial charge in [-0.3, -0.25) is 19.8 Å². The van der Waals surface area contributed by atoms with E-state index in [1.165, 1.54) is 0 Å². The van der Waals surface area contributed by atoms with Crippen molar-refractivity contribution in [2.75, 3.05) is 13.1 Å².